The molecular formula is C20H17NO2. The van der Waals surface area contributed by atoms with Crippen molar-refractivity contribution >= 4 is 5.78 Å². The average Bonchev–Trinajstić information content (AvgIpc) is 2.60. The molecule has 0 aliphatic carbocycles. The number of rotatable bonds is 4. The molecule has 0 fully saturated rings. The Labute approximate surface area is 135 Å². The van der Waals surface area contributed by atoms with E-state index in [0.717, 1.165) is 11.1 Å². The summed E-state index contributed by atoms with van der Waals surface area (Å²) in [5.74, 6) is 0.987. The second-order valence-corrected chi connectivity index (χ2v) is 5.35. The third-order valence-electron chi connectivity index (χ3n) is 3.80. The summed E-state index contributed by atoms with van der Waals surface area (Å²) in [5.41, 5.74) is 3.20. The van der Waals surface area contributed by atoms with Crippen LogP contribution < -0.4 is 4.74 Å². The number of ether oxygens (including phenoxy) is 1. The van der Waals surface area contributed by atoms with E-state index in [1.54, 1.807) is 12.3 Å². The molecule has 3 aromatic rings. The molecule has 0 aliphatic heterocycles. The van der Waals surface area contributed by atoms with Gasteiger partial charge < -0.3 is 4.74 Å². The van der Waals surface area contributed by atoms with Gasteiger partial charge in [0.25, 0.3) is 0 Å². The van der Waals surface area contributed by atoms with Crippen molar-refractivity contribution < 1.29 is 9.53 Å². The van der Waals surface area contributed by atoms with Crippen LogP contribution in [0.15, 0.2) is 66.9 Å². The van der Waals surface area contributed by atoms with Crippen molar-refractivity contribution in [2.75, 3.05) is 0 Å². The largest absolute Gasteiger partial charge is 0.438 e. The van der Waals surface area contributed by atoms with E-state index in [9.17, 15) is 4.79 Å². The van der Waals surface area contributed by atoms with Crippen molar-refractivity contribution in [1.82, 2.24) is 4.98 Å². The highest BCUT2D eigenvalue weighted by Crippen LogP contribution is 2.31. The minimum atomic E-state index is -0.0559. The predicted molar refractivity (Wildman–Crippen MR) is 90.1 cm³/mol. The van der Waals surface area contributed by atoms with Crippen LogP contribution in [0.25, 0.3) is 0 Å². The number of benzene rings is 2. The maximum absolute atomic E-state index is 12.8. The smallest absolute Gasteiger partial charge is 0.219 e. The number of hydrogen-bond donors (Lipinski definition) is 0. The van der Waals surface area contributed by atoms with E-state index in [2.05, 4.69) is 4.98 Å². The van der Waals surface area contributed by atoms with Crippen molar-refractivity contribution in [1.29, 1.82) is 0 Å². The molecule has 1 aromatic heterocycles. The summed E-state index contributed by atoms with van der Waals surface area (Å²) < 4.78 is 5.93. The van der Waals surface area contributed by atoms with Gasteiger partial charge in [-0.05, 0) is 37.1 Å². The van der Waals surface area contributed by atoms with Crippen LogP contribution in [0.5, 0.6) is 11.6 Å². The van der Waals surface area contributed by atoms with Gasteiger partial charge in [-0.25, -0.2) is 4.98 Å². The molecule has 0 unspecified atom stereocenters. The lowest BCUT2D eigenvalue weighted by atomic mass is 9.97. The van der Waals surface area contributed by atoms with Gasteiger partial charge in [-0.3, -0.25) is 4.79 Å². The van der Waals surface area contributed by atoms with Crippen LogP contribution in [-0.2, 0) is 0 Å². The van der Waals surface area contributed by atoms with Crippen LogP contribution in [-0.4, -0.2) is 10.8 Å². The molecule has 3 heteroatoms. The van der Waals surface area contributed by atoms with E-state index in [1.807, 2.05) is 68.4 Å². The minimum Gasteiger partial charge on any atom is -0.438 e. The quantitative estimate of drug-likeness (QED) is 0.655. The van der Waals surface area contributed by atoms with Crippen LogP contribution in [0, 0.1) is 13.8 Å². The second-order valence-electron chi connectivity index (χ2n) is 5.35. The molecule has 0 bridgehead atoms. The molecule has 0 aliphatic rings. The molecule has 23 heavy (non-hydrogen) atoms. The third kappa shape index (κ3) is 3.14. The summed E-state index contributed by atoms with van der Waals surface area (Å²) in [6.45, 7) is 3.95. The van der Waals surface area contributed by atoms with Gasteiger partial charge in [0.2, 0.25) is 5.88 Å². The van der Waals surface area contributed by atoms with Crippen molar-refractivity contribution in [3.8, 4) is 11.6 Å². The van der Waals surface area contributed by atoms with Gasteiger partial charge in [-0.2, -0.15) is 0 Å². The second kappa shape index (κ2) is 6.44. The zero-order valence-corrected chi connectivity index (χ0v) is 13.1. The fourth-order valence-corrected chi connectivity index (χ4v) is 2.36. The molecule has 0 saturated heterocycles. The summed E-state index contributed by atoms with van der Waals surface area (Å²) in [4.78, 5) is 17.0. The van der Waals surface area contributed by atoms with E-state index in [4.69, 9.17) is 4.74 Å². The lowest BCUT2D eigenvalue weighted by molar-refractivity contribution is 0.103. The number of nitrogens with zero attached hydrogens (tertiary/aromatic N) is 1. The zero-order valence-electron chi connectivity index (χ0n) is 13.1. The van der Waals surface area contributed by atoms with Crippen LogP contribution in [0.4, 0.5) is 0 Å². The first-order chi connectivity index (χ1) is 11.2. The Balaban J connectivity index is 2.07. The summed E-state index contributed by atoms with van der Waals surface area (Å²) in [6, 6.07) is 18.4. The summed E-state index contributed by atoms with van der Waals surface area (Å²) in [5, 5.41) is 0. The molecule has 0 amide bonds. The molecule has 0 atom stereocenters. The highest BCUT2D eigenvalue weighted by molar-refractivity contribution is 6.11. The first kappa shape index (κ1) is 15.0. The van der Waals surface area contributed by atoms with Gasteiger partial charge in [0.05, 0.1) is 5.56 Å². The van der Waals surface area contributed by atoms with Crippen molar-refractivity contribution in [3.63, 3.8) is 0 Å². The van der Waals surface area contributed by atoms with Gasteiger partial charge in [-0.1, -0.05) is 42.5 Å². The summed E-state index contributed by atoms with van der Waals surface area (Å²) >= 11 is 0. The lowest BCUT2D eigenvalue weighted by Gasteiger charge is -2.14. The normalized spacial score (nSPS) is 10.3. The van der Waals surface area contributed by atoms with Gasteiger partial charge in [0, 0.05) is 17.8 Å². The Hall–Kier alpha value is -2.94. The first-order valence-electron chi connectivity index (χ1n) is 7.45. The van der Waals surface area contributed by atoms with Gasteiger partial charge >= 0.3 is 0 Å². The fourth-order valence-electron chi connectivity index (χ4n) is 2.36. The van der Waals surface area contributed by atoms with Crippen molar-refractivity contribution in [2.24, 2.45) is 0 Å². The molecule has 3 rings (SSSR count). The number of aryl methyl sites for hydroxylation is 1. The topological polar surface area (TPSA) is 39.2 Å². The third-order valence-corrected chi connectivity index (χ3v) is 3.80. The molecule has 0 radical (unpaired) electrons. The predicted octanol–water partition coefficient (Wildman–Crippen LogP) is 4.72. The molecular weight excluding hydrogens is 286 g/mol. The van der Waals surface area contributed by atoms with Gasteiger partial charge in [0.1, 0.15) is 5.75 Å². The van der Waals surface area contributed by atoms with E-state index in [-0.39, 0.29) is 5.78 Å². The molecule has 3 nitrogen and oxygen atoms in total. The van der Waals surface area contributed by atoms with E-state index >= 15 is 0 Å². The molecule has 1 heterocycles. The molecule has 0 N–H and O–H groups in total. The number of ketones is 1. The van der Waals surface area contributed by atoms with Crippen LogP contribution >= 0.6 is 0 Å². The van der Waals surface area contributed by atoms with Crippen molar-refractivity contribution in [2.45, 2.75) is 13.8 Å². The van der Waals surface area contributed by atoms with Crippen LogP contribution in [0.2, 0.25) is 0 Å². The van der Waals surface area contributed by atoms with Gasteiger partial charge in [0.15, 0.2) is 5.78 Å². The van der Waals surface area contributed by atoms with E-state index < -0.39 is 0 Å². The summed E-state index contributed by atoms with van der Waals surface area (Å²) in [7, 11) is 0. The highest BCUT2D eigenvalue weighted by Gasteiger charge is 2.18. The van der Waals surface area contributed by atoms with Crippen LogP contribution in [0.3, 0.4) is 0 Å². The Morgan fingerprint density at radius 2 is 1.65 bits per heavy atom. The first-order valence-corrected chi connectivity index (χ1v) is 7.45. The number of hydrogen-bond acceptors (Lipinski definition) is 3. The Morgan fingerprint density at radius 1 is 0.913 bits per heavy atom. The Kier molecular flexibility index (Phi) is 4.20. The van der Waals surface area contributed by atoms with E-state index in [1.165, 1.54) is 0 Å². The van der Waals surface area contributed by atoms with Crippen molar-refractivity contribution in [3.05, 3.63) is 89.1 Å². The molecule has 0 saturated carbocycles. The standard InChI is InChI=1S/C20H17NO2/c1-14-11-12-17(19(22)16-8-4-3-5-9-16)20(15(14)2)23-18-10-6-7-13-21-18/h3-13H,1-2H3. The molecule has 2 aromatic carbocycles. The number of carbonyl (C=O) groups excluding carboxylic acids is 1. The Bertz CT molecular complexity index is 827. The number of carbonyl (C=O) groups is 1. The maximum atomic E-state index is 12.8. The monoisotopic (exact) mass is 303 g/mol. The number of aromatic nitrogens is 1. The maximum Gasteiger partial charge on any atom is 0.219 e. The SMILES string of the molecule is Cc1ccc(C(=O)c2ccccc2)c(Oc2ccccn2)c1C. The molecule has 0 spiro atoms. The Morgan fingerprint density at radius 3 is 2.35 bits per heavy atom. The highest BCUT2D eigenvalue weighted by atomic mass is 16.5. The van der Waals surface area contributed by atoms with E-state index in [0.29, 0.717) is 22.8 Å². The summed E-state index contributed by atoms with van der Waals surface area (Å²) in [6.07, 6.45) is 1.67. The minimum absolute atomic E-state index is 0.0559. The number of pyridine rings is 1. The van der Waals surface area contributed by atoms with Gasteiger partial charge in [-0.15, -0.1) is 0 Å². The lowest BCUT2D eigenvalue weighted by Crippen LogP contribution is -2.06. The van der Waals surface area contributed by atoms with Crippen LogP contribution in [0.1, 0.15) is 27.0 Å². The fraction of sp³-hybridized carbons (Fsp3) is 0.100. The zero-order chi connectivity index (χ0) is 16.2. The average molecular weight is 303 g/mol. The molecule has 114 valence electrons.